The van der Waals surface area contributed by atoms with Gasteiger partial charge in [-0.2, -0.15) is 10.1 Å². The van der Waals surface area contributed by atoms with Crippen LogP contribution in [0.5, 0.6) is 0 Å². The van der Waals surface area contributed by atoms with E-state index in [1.807, 2.05) is 11.0 Å². The Morgan fingerprint density at radius 3 is 3.14 bits per heavy atom. The molecule has 0 aliphatic carbocycles. The lowest BCUT2D eigenvalue weighted by atomic mass is 9.94. The molecule has 0 spiro atoms. The average molecular weight is 314 g/mol. The number of likely N-dealkylation sites (tertiary alicyclic amines) is 1. The van der Waals surface area contributed by atoms with Crippen molar-refractivity contribution in [1.29, 1.82) is 0 Å². The van der Waals surface area contributed by atoms with Gasteiger partial charge in [-0.05, 0) is 18.9 Å². The summed E-state index contributed by atoms with van der Waals surface area (Å²) in [5, 5.41) is 6.04. The Morgan fingerprint density at radius 1 is 1.32 bits per heavy atom. The second-order valence-electron chi connectivity index (χ2n) is 5.31. The fraction of sp³-hybridized carbons (Fsp3) is 0.357. The van der Waals surface area contributed by atoms with Crippen LogP contribution in [0.15, 0.2) is 29.5 Å². The van der Waals surface area contributed by atoms with Crippen LogP contribution in [0.25, 0.3) is 5.78 Å². The summed E-state index contributed by atoms with van der Waals surface area (Å²) in [5.74, 6) is 0.846. The van der Waals surface area contributed by atoms with Crippen molar-refractivity contribution in [3.05, 3.63) is 40.9 Å². The number of thiazole rings is 1. The average Bonchev–Trinajstić information content (AvgIpc) is 3.25. The number of piperidine rings is 1. The highest BCUT2D eigenvalue weighted by Crippen LogP contribution is 2.27. The fourth-order valence-corrected chi connectivity index (χ4v) is 3.47. The Morgan fingerprint density at radius 2 is 2.27 bits per heavy atom. The summed E-state index contributed by atoms with van der Waals surface area (Å²) in [6.45, 7) is 1.45. The molecule has 1 saturated heterocycles. The summed E-state index contributed by atoms with van der Waals surface area (Å²) >= 11 is 1.44. The number of nitrogens with zero attached hydrogens (tertiary/aromatic N) is 6. The highest BCUT2D eigenvalue weighted by molar-refractivity contribution is 7.07. The third kappa shape index (κ3) is 2.25. The molecule has 1 amide bonds. The molecular formula is C14H14N6OS. The molecule has 22 heavy (non-hydrogen) atoms. The number of rotatable bonds is 2. The lowest BCUT2D eigenvalue weighted by Crippen LogP contribution is -2.39. The van der Waals surface area contributed by atoms with Crippen molar-refractivity contribution in [3.8, 4) is 0 Å². The number of amides is 1. The zero-order chi connectivity index (χ0) is 14.9. The summed E-state index contributed by atoms with van der Waals surface area (Å²) in [4.78, 5) is 26.8. The van der Waals surface area contributed by atoms with Crippen molar-refractivity contribution >= 4 is 23.0 Å². The third-order valence-electron chi connectivity index (χ3n) is 3.99. The largest absolute Gasteiger partial charge is 0.337 e. The highest BCUT2D eigenvalue weighted by Gasteiger charge is 2.27. The first kappa shape index (κ1) is 13.3. The summed E-state index contributed by atoms with van der Waals surface area (Å²) in [6, 6.07) is 1.96. The van der Waals surface area contributed by atoms with E-state index < -0.39 is 0 Å². The fourth-order valence-electron chi connectivity index (χ4n) is 2.95. The van der Waals surface area contributed by atoms with Crippen molar-refractivity contribution in [2.24, 2.45) is 0 Å². The molecule has 0 saturated carbocycles. The van der Waals surface area contributed by atoms with Crippen LogP contribution in [-0.2, 0) is 0 Å². The normalized spacial score (nSPS) is 18.7. The SMILES string of the molecule is O=C(c1cscn1)N1CCCC(c2ccnc3ncnn23)C1. The minimum atomic E-state index is 0.00911. The second-order valence-corrected chi connectivity index (χ2v) is 6.02. The maximum Gasteiger partial charge on any atom is 0.273 e. The van der Waals surface area contributed by atoms with Gasteiger partial charge in [-0.25, -0.2) is 14.5 Å². The standard InChI is InChI=1S/C14H14N6OS/c21-13(11-7-22-9-17-11)19-5-1-2-10(6-19)12-3-4-15-14-16-8-18-20(12)14/h3-4,7-10H,1-2,5-6H2. The van der Waals surface area contributed by atoms with Crippen LogP contribution in [0, 0.1) is 0 Å². The number of carbonyl (C=O) groups excluding carboxylic acids is 1. The Hall–Kier alpha value is -2.35. The van der Waals surface area contributed by atoms with E-state index in [9.17, 15) is 4.79 Å². The van der Waals surface area contributed by atoms with E-state index in [2.05, 4.69) is 20.1 Å². The highest BCUT2D eigenvalue weighted by atomic mass is 32.1. The summed E-state index contributed by atoms with van der Waals surface area (Å²) in [5.41, 5.74) is 3.28. The number of hydrogen-bond donors (Lipinski definition) is 0. The van der Waals surface area contributed by atoms with E-state index in [0.717, 1.165) is 25.1 Å². The topological polar surface area (TPSA) is 76.3 Å². The van der Waals surface area contributed by atoms with Gasteiger partial charge in [0.2, 0.25) is 0 Å². The smallest absolute Gasteiger partial charge is 0.273 e. The van der Waals surface area contributed by atoms with Crippen LogP contribution in [0.4, 0.5) is 0 Å². The minimum absolute atomic E-state index is 0.00911. The Balaban J connectivity index is 1.61. The minimum Gasteiger partial charge on any atom is -0.337 e. The molecule has 3 aromatic heterocycles. The monoisotopic (exact) mass is 314 g/mol. The Labute approximate surface area is 130 Å². The number of fused-ring (bicyclic) bond motifs is 1. The van der Waals surface area contributed by atoms with Crippen molar-refractivity contribution in [3.63, 3.8) is 0 Å². The molecule has 0 bridgehead atoms. The van der Waals surface area contributed by atoms with Crippen molar-refractivity contribution < 1.29 is 4.79 Å². The van der Waals surface area contributed by atoms with Gasteiger partial charge < -0.3 is 4.90 Å². The van der Waals surface area contributed by atoms with E-state index in [1.54, 1.807) is 21.6 Å². The van der Waals surface area contributed by atoms with Crippen LogP contribution in [0.1, 0.15) is 34.9 Å². The van der Waals surface area contributed by atoms with Gasteiger partial charge in [-0.1, -0.05) is 0 Å². The van der Waals surface area contributed by atoms with Crippen LogP contribution >= 0.6 is 11.3 Å². The van der Waals surface area contributed by atoms with Crippen molar-refractivity contribution in [2.45, 2.75) is 18.8 Å². The molecule has 0 N–H and O–H groups in total. The Bertz CT molecular complexity index is 799. The molecule has 4 heterocycles. The number of aromatic nitrogens is 5. The summed E-state index contributed by atoms with van der Waals surface area (Å²) in [6.07, 6.45) is 5.26. The lowest BCUT2D eigenvalue weighted by Gasteiger charge is -2.32. The van der Waals surface area contributed by atoms with E-state index in [1.165, 1.54) is 17.7 Å². The molecule has 0 aromatic carbocycles. The molecule has 1 unspecified atom stereocenters. The summed E-state index contributed by atoms with van der Waals surface area (Å²) in [7, 11) is 0. The summed E-state index contributed by atoms with van der Waals surface area (Å²) < 4.78 is 1.77. The molecule has 3 aromatic rings. The van der Waals surface area contributed by atoms with Crippen LogP contribution in [0.3, 0.4) is 0 Å². The first-order chi connectivity index (χ1) is 10.8. The first-order valence-electron chi connectivity index (χ1n) is 7.15. The maximum atomic E-state index is 12.5. The molecule has 1 fully saturated rings. The van der Waals surface area contributed by atoms with E-state index in [-0.39, 0.29) is 11.8 Å². The Kier molecular flexibility index (Phi) is 3.30. The van der Waals surface area contributed by atoms with Gasteiger partial charge in [-0.3, -0.25) is 4.79 Å². The van der Waals surface area contributed by atoms with Gasteiger partial charge in [0.15, 0.2) is 0 Å². The second kappa shape index (κ2) is 5.45. The van der Waals surface area contributed by atoms with Crippen LogP contribution in [-0.4, -0.2) is 48.5 Å². The van der Waals surface area contributed by atoms with Gasteiger partial charge in [0.25, 0.3) is 11.7 Å². The predicted octanol–water partition coefficient (Wildman–Crippen LogP) is 1.60. The van der Waals surface area contributed by atoms with E-state index in [4.69, 9.17) is 0 Å². The van der Waals surface area contributed by atoms with Crippen LogP contribution < -0.4 is 0 Å². The van der Waals surface area contributed by atoms with Gasteiger partial charge in [0, 0.05) is 30.6 Å². The van der Waals surface area contributed by atoms with Crippen LogP contribution in [0.2, 0.25) is 0 Å². The molecule has 8 heteroatoms. The molecule has 1 atom stereocenters. The number of carbonyl (C=O) groups is 1. The zero-order valence-corrected chi connectivity index (χ0v) is 12.6. The molecule has 1 aliphatic heterocycles. The maximum absolute atomic E-state index is 12.5. The molecule has 112 valence electrons. The first-order valence-corrected chi connectivity index (χ1v) is 8.09. The predicted molar refractivity (Wildman–Crippen MR) is 80.8 cm³/mol. The lowest BCUT2D eigenvalue weighted by molar-refractivity contribution is 0.0700. The number of hydrogen-bond acceptors (Lipinski definition) is 6. The molecular weight excluding hydrogens is 300 g/mol. The molecule has 0 radical (unpaired) electrons. The van der Waals surface area contributed by atoms with Gasteiger partial charge in [0.1, 0.15) is 12.0 Å². The van der Waals surface area contributed by atoms with Gasteiger partial charge in [0.05, 0.1) is 11.2 Å². The van der Waals surface area contributed by atoms with Crippen molar-refractivity contribution in [2.75, 3.05) is 13.1 Å². The molecule has 1 aliphatic rings. The van der Waals surface area contributed by atoms with Gasteiger partial charge in [-0.15, -0.1) is 11.3 Å². The quantitative estimate of drug-likeness (QED) is 0.718. The molecule has 4 rings (SSSR count). The third-order valence-corrected chi connectivity index (χ3v) is 4.57. The van der Waals surface area contributed by atoms with Crippen molar-refractivity contribution in [1.82, 2.24) is 29.5 Å². The van der Waals surface area contributed by atoms with E-state index in [0.29, 0.717) is 18.0 Å². The zero-order valence-electron chi connectivity index (χ0n) is 11.8. The van der Waals surface area contributed by atoms with E-state index >= 15 is 0 Å². The van der Waals surface area contributed by atoms with Gasteiger partial charge >= 0.3 is 0 Å². The molecule has 7 nitrogen and oxygen atoms in total.